The van der Waals surface area contributed by atoms with E-state index in [2.05, 4.69) is 15.2 Å². The molecule has 3 heterocycles. The third kappa shape index (κ3) is 3.21. The molecule has 2 amide bonds. The molecule has 10 heteroatoms. The number of fused-ring (bicyclic) bond motifs is 4. The zero-order valence-electron chi connectivity index (χ0n) is 16.3. The second kappa shape index (κ2) is 7.47. The lowest BCUT2D eigenvalue weighted by molar-refractivity contribution is -0.142. The lowest BCUT2D eigenvalue weighted by atomic mass is 10.1. The van der Waals surface area contributed by atoms with Crippen LogP contribution in [0.1, 0.15) is 20.7 Å². The summed E-state index contributed by atoms with van der Waals surface area (Å²) < 4.78 is 7.04. The molecule has 0 spiro atoms. The van der Waals surface area contributed by atoms with Crippen LogP contribution in [-0.2, 0) is 16.6 Å². The molecule has 2 aromatic carbocycles. The third-order valence-electron chi connectivity index (χ3n) is 5.04. The molecule has 0 N–H and O–H groups in total. The SMILES string of the molecule is Cn1c2ccccc2c2nnc(SCC(=O)OCN3C(=O)c4ccccc4C3=O)nc21. The molecule has 31 heavy (non-hydrogen) atoms. The minimum atomic E-state index is -0.595. The van der Waals surface area contributed by atoms with Gasteiger partial charge in [-0.15, -0.1) is 10.2 Å². The van der Waals surface area contributed by atoms with E-state index in [1.807, 2.05) is 35.9 Å². The van der Waals surface area contributed by atoms with E-state index in [1.165, 1.54) is 0 Å². The average molecular weight is 433 g/mol. The van der Waals surface area contributed by atoms with Crippen molar-refractivity contribution in [3.63, 3.8) is 0 Å². The highest BCUT2D eigenvalue weighted by Gasteiger charge is 2.35. The number of carbonyl (C=O) groups excluding carboxylic acids is 3. The molecule has 2 aromatic heterocycles. The molecular formula is C21H15N5O4S. The summed E-state index contributed by atoms with van der Waals surface area (Å²) in [7, 11) is 1.89. The topological polar surface area (TPSA) is 107 Å². The summed E-state index contributed by atoms with van der Waals surface area (Å²) >= 11 is 1.07. The average Bonchev–Trinajstić information content (AvgIpc) is 3.22. The quantitative estimate of drug-likeness (QED) is 0.268. The molecule has 0 saturated heterocycles. The van der Waals surface area contributed by atoms with Crippen molar-refractivity contribution in [1.82, 2.24) is 24.6 Å². The first-order chi connectivity index (χ1) is 15.0. The van der Waals surface area contributed by atoms with Crippen LogP contribution in [0.25, 0.3) is 22.1 Å². The number of amides is 2. The van der Waals surface area contributed by atoms with Crippen molar-refractivity contribution < 1.29 is 19.1 Å². The lowest BCUT2D eigenvalue weighted by Crippen LogP contribution is -2.33. The fourth-order valence-corrected chi connectivity index (χ4v) is 4.09. The van der Waals surface area contributed by atoms with Crippen molar-refractivity contribution >= 4 is 51.6 Å². The third-order valence-corrected chi connectivity index (χ3v) is 5.85. The van der Waals surface area contributed by atoms with Crippen LogP contribution >= 0.6 is 11.8 Å². The molecule has 0 aliphatic carbocycles. The number of aromatic nitrogens is 4. The number of benzene rings is 2. The second-order valence-corrected chi connectivity index (χ2v) is 7.80. The van der Waals surface area contributed by atoms with E-state index < -0.39 is 24.5 Å². The van der Waals surface area contributed by atoms with Gasteiger partial charge in [0.2, 0.25) is 5.16 Å². The first kappa shape index (κ1) is 19.2. The van der Waals surface area contributed by atoms with Gasteiger partial charge in [-0.05, 0) is 18.2 Å². The van der Waals surface area contributed by atoms with Gasteiger partial charge >= 0.3 is 5.97 Å². The first-order valence-electron chi connectivity index (χ1n) is 9.36. The number of carbonyl (C=O) groups is 3. The molecule has 1 aliphatic rings. The highest BCUT2D eigenvalue weighted by atomic mass is 32.2. The number of aryl methyl sites for hydroxylation is 1. The predicted octanol–water partition coefficient (Wildman–Crippen LogP) is 2.41. The van der Waals surface area contributed by atoms with Crippen LogP contribution in [0.2, 0.25) is 0 Å². The Kier molecular flexibility index (Phi) is 4.63. The fourth-order valence-electron chi connectivity index (χ4n) is 3.51. The lowest BCUT2D eigenvalue weighted by Gasteiger charge is -2.13. The molecule has 5 rings (SSSR count). The summed E-state index contributed by atoms with van der Waals surface area (Å²) in [6.45, 7) is -0.437. The van der Waals surface area contributed by atoms with Crippen LogP contribution < -0.4 is 0 Å². The molecule has 1 aliphatic heterocycles. The van der Waals surface area contributed by atoms with E-state index in [9.17, 15) is 14.4 Å². The zero-order chi connectivity index (χ0) is 21.5. The molecule has 154 valence electrons. The minimum Gasteiger partial charge on any atom is -0.443 e. The van der Waals surface area contributed by atoms with Crippen LogP contribution in [0.5, 0.6) is 0 Å². The van der Waals surface area contributed by atoms with Gasteiger partial charge in [0, 0.05) is 12.4 Å². The molecule has 0 bridgehead atoms. The Balaban J connectivity index is 1.24. The van der Waals surface area contributed by atoms with Crippen molar-refractivity contribution in [3.05, 3.63) is 59.7 Å². The maximum atomic E-state index is 12.3. The van der Waals surface area contributed by atoms with Crippen molar-refractivity contribution in [2.24, 2.45) is 7.05 Å². The summed E-state index contributed by atoms with van der Waals surface area (Å²) in [6.07, 6.45) is 0. The number of nitrogens with zero attached hydrogens (tertiary/aromatic N) is 5. The van der Waals surface area contributed by atoms with Crippen LogP contribution in [0, 0.1) is 0 Å². The maximum absolute atomic E-state index is 12.3. The Labute approximate surface area is 180 Å². The first-order valence-corrected chi connectivity index (χ1v) is 10.3. The number of thioether (sulfide) groups is 1. The maximum Gasteiger partial charge on any atom is 0.318 e. The molecule has 0 unspecified atom stereocenters. The van der Waals surface area contributed by atoms with Crippen LogP contribution in [0.15, 0.2) is 53.7 Å². The van der Waals surface area contributed by atoms with Gasteiger partial charge in [-0.3, -0.25) is 14.4 Å². The molecule has 4 aromatic rings. The van der Waals surface area contributed by atoms with E-state index in [0.717, 1.165) is 27.6 Å². The van der Waals surface area contributed by atoms with Crippen molar-refractivity contribution in [2.75, 3.05) is 12.5 Å². The number of imide groups is 1. The fraction of sp³-hybridized carbons (Fsp3) is 0.143. The van der Waals surface area contributed by atoms with Crippen molar-refractivity contribution in [1.29, 1.82) is 0 Å². The number of hydrogen-bond donors (Lipinski definition) is 0. The Morgan fingerprint density at radius 3 is 2.42 bits per heavy atom. The Morgan fingerprint density at radius 2 is 1.68 bits per heavy atom. The van der Waals surface area contributed by atoms with Gasteiger partial charge in [-0.1, -0.05) is 42.1 Å². The van der Waals surface area contributed by atoms with E-state index in [0.29, 0.717) is 27.4 Å². The molecule has 9 nitrogen and oxygen atoms in total. The monoisotopic (exact) mass is 433 g/mol. The summed E-state index contributed by atoms with van der Waals surface area (Å²) in [4.78, 5) is 42.2. The second-order valence-electron chi connectivity index (χ2n) is 6.86. The van der Waals surface area contributed by atoms with Crippen molar-refractivity contribution in [3.8, 4) is 0 Å². The summed E-state index contributed by atoms with van der Waals surface area (Å²) in [5, 5.41) is 9.63. The molecular weight excluding hydrogens is 418 g/mol. The summed E-state index contributed by atoms with van der Waals surface area (Å²) in [6, 6.07) is 14.3. The number of rotatable bonds is 5. The molecule has 0 fully saturated rings. The number of para-hydroxylation sites is 1. The normalized spacial score (nSPS) is 13.3. The zero-order valence-corrected chi connectivity index (χ0v) is 17.1. The number of esters is 1. The van der Waals surface area contributed by atoms with Crippen LogP contribution in [0.3, 0.4) is 0 Å². The predicted molar refractivity (Wildman–Crippen MR) is 112 cm³/mol. The van der Waals surface area contributed by atoms with Crippen LogP contribution in [0.4, 0.5) is 0 Å². The van der Waals surface area contributed by atoms with Crippen LogP contribution in [-0.4, -0.2) is 54.9 Å². The van der Waals surface area contributed by atoms with Gasteiger partial charge in [0.15, 0.2) is 12.4 Å². The van der Waals surface area contributed by atoms with E-state index in [-0.39, 0.29) is 5.75 Å². The van der Waals surface area contributed by atoms with Gasteiger partial charge < -0.3 is 9.30 Å². The summed E-state index contributed by atoms with van der Waals surface area (Å²) in [5.74, 6) is -1.63. The van der Waals surface area contributed by atoms with Crippen molar-refractivity contribution in [2.45, 2.75) is 5.16 Å². The molecule has 0 atom stereocenters. The number of hydrogen-bond acceptors (Lipinski definition) is 8. The minimum absolute atomic E-state index is 0.0830. The Morgan fingerprint density at radius 1 is 1.00 bits per heavy atom. The van der Waals surface area contributed by atoms with E-state index >= 15 is 0 Å². The largest absolute Gasteiger partial charge is 0.443 e. The Hall–Kier alpha value is -3.79. The smallest absolute Gasteiger partial charge is 0.318 e. The van der Waals surface area contributed by atoms with Gasteiger partial charge in [0.25, 0.3) is 11.8 Å². The Bertz CT molecular complexity index is 1350. The summed E-state index contributed by atoms with van der Waals surface area (Å²) in [5.41, 5.74) is 2.96. The standard InChI is InChI=1S/C21H15N5O4S/c1-25-15-9-5-4-8-14(15)17-18(25)22-21(24-23-17)31-10-16(27)30-11-26-19(28)12-6-2-3-7-13(12)20(26)29/h2-9H,10-11H2,1H3. The molecule has 0 radical (unpaired) electrons. The van der Waals surface area contributed by atoms with Gasteiger partial charge in [0.05, 0.1) is 22.4 Å². The highest BCUT2D eigenvalue weighted by Crippen LogP contribution is 2.26. The highest BCUT2D eigenvalue weighted by molar-refractivity contribution is 7.99. The number of ether oxygens (including phenoxy) is 1. The van der Waals surface area contributed by atoms with Gasteiger partial charge in [-0.25, -0.2) is 9.88 Å². The van der Waals surface area contributed by atoms with E-state index in [1.54, 1.807) is 24.3 Å². The van der Waals surface area contributed by atoms with Gasteiger partial charge in [-0.2, -0.15) is 0 Å². The van der Waals surface area contributed by atoms with Gasteiger partial charge in [0.1, 0.15) is 5.52 Å². The van der Waals surface area contributed by atoms with E-state index in [4.69, 9.17) is 4.74 Å². The molecule has 0 saturated carbocycles.